The zero-order chi connectivity index (χ0) is 10.2. The lowest BCUT2D eigenvalue weighted by atomic mass is 10.1. The van der Waals surface area contributed by atoms with Crippen molar-refractivity contribution in [2.24, 2.45) is 0 Å². The van der Waals surface area contributed by atoms with Crippen molar-refractivity contribution in [3.63, 3.8) is 0 Å². The summed E-state index contributed by atoms with van der Waals surface area (Å²) in [6, 6.07) is 0. The molecule has 0 aromatic rings. The van der Waals surface area contributed by atoms with Gasteiger partial charge < -0.3 is 0 Å². The van der Waals surface area contributed by atoms with Crippen molar-refractivity contribution in [2.75, 3.05) is 0 Å². The van der Waals surface area contributed by atoms with Crippen LogP contribution in [0.2, 0.25) is 0 Å². The van der Waals surface area contributed by atoms with Crippen LogP contribution in [0.1, 0.15) is 64.7 Å². The van der Waals surface area contributed by atoms with Gasteiger partial charge in [0.1, 0.15) is 0 Å². The van der Waals surface area contributed by atoms with E-state index in [-0.39, 0.29) is 0 Å². The largest absolute Gasteiger partial charge is 0.295 e. The molecule has 0 N–H and O–H groups in total. The third-order valence-corrected chi connectivity index (χ3v) is 2.91. The van der Waals surface area contributed by atoms with E-state index >= 15 is 0 Å². The van der Waals surface area contributed by atoms with E-state index in [0.717, 1.165) is 19.3 Å². The lowest BCUT2D eigenvalue weighted by Gasteiger charge is -2.01. The van der Waals surface area contributed by atoms with Crippen molar-refractivity contribution >= 4 is 5.78 Å². The summed E-state index contributed by atoms with van der Waals surface area (Å²) in [4.78, 5) is 11.0. The van der Waals surface area contributed by atoms with Crippen LogP contribution >= 0.6 is 0 Å². The van der Waals surface area contributed by atoms with Gasteiger partial charge in [0.05, 0.1) is 0 Å². The molecule has 0 radical (unpaired) electrons. The molecule has 1 heteroatoms. The van der Waals surface area contributed by atoms with E-state index in [1.807, 2.05) is 6.08 Å². The highest BCUT2D eigenvalue weighted by molar-refractivity contribution is 5.92. The Labute approximate surface area is 87.6 Å². The molecule has 0 amide bonds. The highest BCUT2D eigenvalue weighted by Gasteiger charge is 2.10. The van der Waals surface area contributed by atoms with Gasteiger partial charge in [-0.1, -0.05) is 44.6 Å². The van der Waals surface area contributed by atoms with Gasteiger partial charge in [0, 0.05) is 6.42 Å². The Hall–Kier alpha value is -0.590. The number of hydrogen-bond acceptors (Lipinski definition) is 1. The van der Waals surface area contributed by atoms with E-state index in [1.165, 1.54) is 44.1 Å². The van der Waals surface area contributed by atoms with Crippen LogP contribution in [0, 0.1) is 0 Å². The van der Waals surface area contributed by atoms with Crippen molar-refractivity contribution in [2.45, 2.75) is 64.7 Å². The van der Waals surface area contributed by atoms with Gasteiger partial charge in [-0.25, -0.2) is 0 Å². The molecule has 0 atom stereocenters. The van der Waals surface area contributed by atoms with Crippen LogP contribution < -0.4 is 0 Å². The Kier molecular flexibility index (Phi) is 5.58. The Morgan fingerprint density at radius 2 is 1.79 bits per heavy atom. The molecule has 1 nitrogen and oxygen atoms in total. The minimum atomic E-state index is 0.339. The highest BCUT2D eigenvalue weighted by atomic mass is 16.1. The van der Waals surface area contributed by atoms with E-state index in [1.54, 1.807) is 0 Å². The minimum absolute atomic E-state index is 0.339. The molecule has 0 bridgehead atoms. The summed E-state index contributed by atoms with van der Waals surface area (Å²) >= 11 is 0. The Balaban J connectivity index is 1.94. The average Bonchev–Trinajstić information content (AvgIpc) is 2.58. The van der Waals surface area contributed by atoms with Gasteiger partial charge >= 0.3 is 0 Å². The first-order chi connectivity index (χ1) is 6.83. The number of allylic oxidation sites excluding steroid dienone is 2. The Morgan fingerprint density at radius 3 is 2.43 bits per heavy atom. The lowest BCUT2D eigenvalue weighted by Crippen LogP contribution is -1.81. The first kappa shape index (κ1) is 11.5. The maximum atomic E-state index is 11.0. The maximum Gasteiger partial charge on any atom is 0.155 e. The first-order valence-electron chi connectivity index (χ1n) is 6.05. The minimum Gasteiger partial charge on any atom is -0.295 e. The number of carbonyl (C=O) groups excluding carboxylic acids is 1. The topological polar surface area (TPSA) is 17.1 Å². The van der Waals surface area contributed by atoms with E-state index in [9.17, 15) is 4.79 Å². The van der Waals surface area contributed by atoms with Crippen LogP contribution in [0.4, 0.5) is 0 Å². The Morgan fingerprint density at radius 1 is 1.07 bits per heavy atom. The second kappa shape index (κ2) is 6.80. The molecule has 0 saturated heterocycles. The molecule has 0 spiro atoms. The summed E-state index contributed by atoms with van der Waals surface area (Å²) in [5, 5.41) is 0. The molecule has 0 heterocycles. The van der Waals surface area contributed by atoms with E-state index in [4.69, 9.17) is 0 Å². The maximum absolute atomic E-state index is 11.0. The molecule has 0 aromatic carbocycles. The standard InChI is InChI=1S/C13H22O/c1-2-3-4-5-6-7-8-12-9-10-13(14)11-12/h11H,2-10H2,1H3. The molecule has 14 heavy (non-hydrogen) atoms. The second-order valence-electron chi connectivity index (χ2n) is 4.29. The fraction of sp³-hybridized carbons (Fsp3) is 0.769. The summed E-state index contributed by atoms with van der Waals surface area (Å²) in [7, 11) is 0. The summed E-state index contributed by atoms with van der Waals surface area (Å²) in [5.74, 6) is 0.339. The smallest absolute Gasteiger partial charge is 0.155 e. The summed E-state index contributed by atoms with van der Waals surface area (Å²) in [5.41, 5.74) is 1.39. The van der Waals surface area contributed by atoms with Crippen LogP contribution in [-0.4, -0.2) is 5.78 Å². The number of hydrogen-bond donors (Lipinski definition) is 0. The first-order valence-corrected chi connectivity index (χ1v) is 6.05. The molecule has 1 rings (SSSR count). The van der Waals surface area contributed by atoms with E-state index in [2.05, 4.69) is 6.92 Å². The molecular weight excluding hydrogens is 172 g/mol. The quantitative estimate of drug-likeness (QED) is 0.559. The third-order valence-electron chi connectivity index (χ3n) is 2.91. The predicted octanol–water partition coefficient (Wildman–Crippen LogP) is 4.03. The van der Waals surface area contributed by atoms with Gasteiger partial charge in [0.2, 0.25) is 0 Å². The number of rotatable bonds is 7. The Bertz CT molecular complexity index is 203. The normalized spacial score (nSPS) is 16.1. The molecule has 1 aliphatic carbocycles. The zero-order valence-corrected chi connectivity index (χ0v) is 9.35. The SMILES string of the molecule is CCCCCCCCC1=CC(=O)CC1. The van der Waals surface area contributed by atoms with Crippen molar-refractivity contribution in [3.05, 3.63) is 11.6 Å². The number of unbranched alkanes of at least 4 members (excludes halogenated alkanes) is 5. The molecule has 0 aromatic heterocycles. The second-order valence-corrected chi connectivity index (χ2v) is 4.29. The van der Waals surface area contributed by atoms with Crippen molar-refractivity contribution in [1.82, 2.24) is 0 Å². The number of carbonyl (C=O) groups is 1. The molecular formula is C13H22O. The van der Waals surface area contributed by atoms with E-state index in [0.29, 0.717) is 5.78 Å². The molecule has 0 aliphatic heterocycles. The zero-order valence-electron chi connectivity index (χ0n) is 9.35. The molecule has 0 unspecified atom stereocenters. The molecule has 0 saturated carbocycles. The van der Waals surface area contributed by atoms with Crippen LogP contribution in [0.3, 0.4) is 0 Å². The summed E-state index contributed by atoms with van der Waals surface area (Å²) in [6.07, 6.45) is 12.9. The summed E-state index contributed by atoms with van der Waals surface area (Å²) in [6.45, 7) is 2.24. The van der Waals surface area contributed by atoms with E-state index < -0.39 is 0 Å². The van der Waals surface area contributed by atoms with Crippen molar-refractivity contribution in [1.29, 1.82) is 0 Å². The van der Waals surface area contributed by atoms with Crippen molar-refractivity contribution in [3.8, 4) is 0 Å². The summed E-state index contributed by atoms with van der Waals surface area (Å²) < 4.78 is 0. The van der Waals surface area contributed by atoms with Crippen LogP contribution in [0.5, 0.6) is 0 Å². The molecule has 0 fully saturated rings. The molecule has 80 valence electrons. The number of ketones is 1. The van der Waals surface area contributed by atoms with Crippen LogP contribution in [0.15, 0.2) is 11.6 Å². The van der Waals surface area contributed by atoms with Crippen LogP contribution in [0.25, 0.3) is 0 Å². The van der Waals surface area contributed by atoms with Gasteiger partial charge in [0.15, 0.2) is 5.78 Å². The van der Waals surface area contributed by atoms with Crippen molar-refractivity contribution < 1.29 is 4.79 Å². The van der Waals surface area contributed by atoms with Gasteiger partial charge in [-0.3, -0.25) is 4.79 Å². The monoisotopic (exact) mass is 194 g/mol. The fourth-order valence-electron chi connectivity index (χ4n) is 1.99. The third kappa shape index (κ3) is 4.59. The van der Waals surface area contributed by atoms with Gasteiger partial charge in [-0.2, -0.15) is 0 Å². The predicted molar refractivity (Wildman–Crippen MR) is 60.3 cm³/mol. The average molecular weight is 194 g/mol. The lowest BCUT2D eigenvalue weighted by molar-refractivity contribution is -0.114. The highest BCUT2D eigenvalue weighted by Crippen LogP contribution is 2.21. The van der Waals surface area contributed by atoms with Gasteiger partial charge in [-0.05, 0) is 25.3 Å². The van der Waals surface area contributed by atoms with Gasteiger partial charge in [-0.15, -0.1) is 0 Å². The van der Waals surface area contributed by atoms with Crippen LogP contribution in [-0.2, 0) is 4.79 Å². The van der Waals surface area contributed by atoms with Gasteiger partial charge in [0.25, 0.3) is 0 Å². The molecule has 1 aliphatic rings. The fourth-order valence-corrected chi connectivity index (χ4v) is 1.99.